The van der Waals surface area contributed by atoms with Gasteiger partial charge in [-0.3, -0.25) is 9.69 Å². The Morgan fingerprint density at radius 2 is 1.88 bits per heavy atom. The Morgan fingerprint density at radius 1 is 1.19 bits per heavy atom. The van der Waals surface area contributed by atoms with Gasteiger partial charge in [-0.15, -0.1) is 0 Å². The first-order valence-electron chi connectivity index (χ1n) is 8.62. The third kappa shape index (κ3) is 3.89. The number of carbonyl (C=O) groups excluding carboxylic acids is 1. The van der Waals surface area contributed by atoms with Gasteiger partial charge in [0, 0.05) is 25.3 Å². The number of ether oxygens (including phenoxy) is 2. The van der Waals surface area contributed by atoms with Crippen LogP contribution in [0.1, 0.15) is 16.7 Å². The number of nitrogens with zero attached hydrogens (tertiary/aromatic N) is 1. The van der Waals surface area contributed by atoms with E-state index in [0.29, 0.717) is 0 Å². The predicted molar refractivity (Wildman–Crippen MR) is 103 cm³/mol. The number of rotatable bonds is 6. The van der Waals surface area contributed by atoms with Gasteiger partial charge >= 0.3 is 0 Å². The maximum Gasteiger partial charge on any atom is 0.247 e. The van der Waals surface area contributed by atoms with E-state index in [1.165, 1.54) is 17.2 Å². The van der Waals surface area contributed by atoms with Gasteiger partial charge in [-0.1, -0.05) is 24.8 Å². The first kappa shape index (κ1) is 18.0. The van der Waals surface area contributed by atoms with Crippen LogP contribution in [-0.2, 0) is 24.3 Å². The summed E-state index contributed by atoms with van der Waals surface area (Å²) in [5.74, 6) is 1.34. The highest BCUT2D eigenvalue weighted by atomic mass is 16.5. The van der Waals surface area contributed by atoms with Crippen LogP contribution >= 0.6 is 0 Å². The highest BCUT2D eigenvalue weighted by Crippen LogP contribution is 2.33. The molecule has 1 amide bonds. The highest BCUT2D eigenvalue weighted by Gasteiger charge is 2.20. The molecule has 1 aliphatic heterocycles. The zero-order valence-corrected chi connectivity index (χ0v) is 15.2. The number of fused-ring (bicyclic) bond motifs is 1. The smallest absolute Gasteiger partial charge is 0.247 e. The largest absolute Gasteiger partial charge is 0.493 e. The molecule has 3 rings (SSSR count). The number of hydrogen-bond acceptors (Lipinski definition) is 4. The van der Waals surface area contributed by atoms with Crippen molar-refractivity contribution in [1.82, 2.24) is 4.90 Å². The molecule has 1 aliphatic rings. The van der Waals surface area contributed by atoms with E-state index in [4.69, 9.17) is 9.47 Å². The number of anilines is 1. The van der Waals surface area contributed by atoms with Gasteiger partial charge in [0.1, 0.15) is 0 Å². The molecular weight excluding hydrogens is 328 g/mol. The van der Waals surface area contributed by atoms with Crippen LogP contribution in [0.5, 0.6) is 11.5 Å². The van der Waals surface area contributed by atoms with Gasteiger partial charge in [-0.2, -0.15) is 0 Å². The van der Waals surface area contributed by atoms with Gasteiger partial charge in [-0.05, 0) is 47.4 Å². The van der Waals surface area contributed by atoms with Crippen molar-refractivity contribution in [2.24, 2.45) is 0 Å². The standard InChI is InChI=1S/C21H24N2O3/c1-4-21(24)22-18-8-6-5-7-16(18)13-23-10-9-15-11-19(25-2)20(26-3)12-17(15)14-23/h4-8,11-12H,1,9-10,13-14H2,2-3H3,(H,22,24). The molecule has 0 atom stereocenters. The summed E-state index contributed by atoms with van der Waals surface area (Å²) >= 11 is 0. The number of hydrogen-bond donors (Lipinski definition) is 1. The fourth-order valence-corrected chi connectivity index (χ4v) is 3.28. The summed E-state index contributed by atoms with van der Waals surface area (Å²) in [4.78, 5) is 14.0. The van der Waals surface area contributed by atoms with Gasteiger partial charge < -0.3 is 14.8 Å². The zero-order valence-electron chi connectivity index (χ0n) is 15.2. The molecule has 0 radical (unpaired) electrons. The third-order valence-electron chi connectivity index (χ3n) is 4.65. The Hall–Kier alpha value is -2.79. The molecule has 5 heteroatoms. The third-order valence-corrected chi connectivity index (χ3v) is 4.65. The molecule has 0 fully saturated rings. The first-order valence-corrected chi connectivity index (χ1v) is 8.62. The number of benzene rings is 2. The van der Waals surface area contributed by atoms with Gasteiger partial charge in [0.2, 0.25) is 5.91 Å². The van der Waals surface area contributed by atoms with Crippen LogP contribution < -0.4 is 14.8 Å². The minimum atomic E-state index is -0.196. The van der Waals surface area contributed by atoms with Crippen molar-refractivity contribution in [2.45, 2.75) is 19.5 Å². The predicted octanol–water partition coefficient (Wildman–Crippen LogP) is 3.39. The number of amides is 1. The topological polar surface area (TPSA) is 50.8 Å². The summed E-state index contributed by atoms with van der Waals surface area (Å²) in [5.41, 5.74) is 4.47. The number of para-hydroxylation sites is 1. The molecule has 0 bridgehead atoms. The maximum atomic E-state index is 11.7. The lowest BCUT2D eigenvalue weighted by atomic mass is 9.98. The first-order chi connectivity index (χ1) is 12.6. The number of carbonyl (C=O) groups is 1. The van der Waals surface area contributed by atoms with Gasteiger partial charge in [0.25, 0.3) is 0 Å². The summed E-state index contributed by atoms with van der Waals surface area (Å²) in [7, 11) is 3.32. The van der Waals surface area contributed by atoms with Crippen molar-refractivity contribution in [3.63, 3.8) is 0 Å². The molecule has 5 nitrogen and oxygen atoms in total. The lowest BCUT2D eigenvalue weighted by Gasteiger charge is -2.30. The number of nitrogens with one attached hydrogen (secondary N) is 1. The lowest BCUT2D eigenvalue weighted by molar-refractivity contribution is -0.111. The zero-order chi connectivity index (χ0) is 18.5. The van der Waals surface area contributed by atoms with Crippen LogP contribution in [0.4, 0.5) is 5.69 Å². The Labute approximate surface area is 154 Å². The highest BCUT2D eigenvalue weighted by molar-refractivity contribution is 5.99. The molecule has 0 unspecified atom stereocenters. The van der Waals surface area contributed by atoms with Crippen molar-refractivity contribution >= 4 is 11.6 Å². The molecule has 26 heavy (non-hydrogen) atoms. The molecular formula is C21H24N2O3. The van der Waals surface area contributed by atoms with E-state index in [1.807, 2.05) is 24.3 Å². The average Bonchev–Trinajstić information content (AvgIpc) is 2.68. The molecule has 0 spiro atoms. The second-order valence-corrected chi connectivity index (χ2v) is 6.29. The van der Waals surface area contributed by atoms with Gasteiger partial charge in [0.15, 0.2) is 11.5 Å². The monoisotopic (exact) mass is 352 g/mol. The second-order valence-electron chi connectivity index (χ2n) is 6.29. The Bertz CT molecular complexity index is 817. The van der Waals surface area contributed by atoms with Gasteiger partial charge in [-0.25, -0.2) is 0 Å². The van der Waals surface area contributed by atoms with Crippen molar-refractivity contribution < 1.29 is 14.3 Å². The summed E-state index contributed by atoms with van der Waals surface area (Å²) in [5, 5.41) is 2.88. The molecule has 1 N–H and O–H groups in total. The van der Waals surface area contributed by atoms with E-state index < -0.39 is 0 Å². The Balaban J connectivity index is 1.78. The second kappa shape index (κ2) is 8.06. The molecule has 2 aromatic carbocycles. The molecule has 1 heterocycles. The SMILES string of the molecule is C=CC(=O)Nc1ccccc1CN1CCc2cc(OC)c(OC)cc2C1. The van der Waals surface area contributed by atoms with Crippen LogP contribution in [0, 0.1) is 0 Å². The summed E-state index contributed by atoms with van der Waals surface area (Å²) < 4.78 is 10.8. The van der Waals surface area contributed by atoms with Crippen LogP contribution in [-0.4, -0.2) is 31.6 Å². The fraction of sp³-hybridized carbons (Fsp3) is 0.286. The van der Waals surface area contributed by atoms with E-state index in [0.717, 1.165) is 48.8 Å². The average molecular weight is 352 g/mol. The lowest BCUT2D eigenvalue weighted by Crippen LogP contribution is -2.30. The molecule has 0 aliphatic carbocycles. The van der Waals surface area contributed by atoms with Crippen molar-refractivity contribution in [3.05, 3.63) is 65.7 Å². The van der Waals surface area contributed by atoms with Crippen LogP contribution in [0.25, 0.3) is 0 Å². The van der Waals surface area contributed by atoms with E-state index in [1.54, 1.807) is 14.2 Å². The summed E-state index contributed by atoms with van der Waals surface area (Å²) in [6.45, 7) is 6.06. The van der Waals surface area contributed by atoms with Crippen LogP contribution in [0.2, 0.25) is 0 Å². The van der Waals surface area contributed by atoms with E-state index >= 15 is 0 Å². The number of methoxy groups -OCH3 is 2. The van der Waals surface area contributed by atoms with Crippen LogP contribution in [0.3, 0.4) is 0 Å². The molecule has 0 aromatic heterocycles. The normalized spacial score (nSPS) is 13.6. The summed E-state index contributed by atoms with van der Waals surface area (Å²) in [6.07, 6.45) is 2.24. The van der Waals surface area contributed by atoms with Gasteiger partial charge in [0.05, 0.1) is 14.2 Å². The van der Waals surface area contributed by atoms with E-state index in [2.05, 4.69) is 28.9 Å². The molecule has 0 saturated carbocycles. The minimum Gasteiger partial charge on any atom is -0.493 e. The van der Waals surface area contributed by atoms with Crippen molar-refractivity contribution in [1.29, 1.82) is 0 Å². The summed E-state index contributed by atoms with van der Waals surface area (Å²) in [6, 6.07) is 12.0. The van der Waals surface area contributed by atoms with Crippen molar-refractivity contribution in [3.8, 4) is 11.5 Å². The van der Waals surface area contributed by atoms with Crippen LogP contribution in [0.15, 0.2) is 49.1 Å². The quantitative estimate of drug-likeness (QED) is 0.810. The Kier molecular flexibility index (Phi) is 5.58. The fourth-order valence-electron chi connectivity index (χ4n) is 3.28. The minimum absolute atomic E-state index is 0.196. The van der Waals surface area contributed by atoms with E-state index in [9.17, 15) is 4.79 Å². The maximum absolute atomic E-state index is 11.7. The molecule has 0 saturated heterocycles. The molecule has 2 aromatic rings. The Morgan fingerprint density at radius 3 is 2.58 bits per heavy atom. The van der Waals surface area contributed by atoms with Crippen molar-refractivity contribution in [2.75, 3.05) is 26.1 Å². The van der Waals surface area contributed by atoms with E-state index in [-0.39, 0.29) is 5.91 Å². The molecule has 136 valence electrons.